The minimum atomic E-state index is 0.340. The standard InChI is InChI=1S/C15H24BrNO/c1-6-10(3)15(17-7-2)12-9-13(16)11(4)8-14(12)18-5/h8-10,15,17H,6-7H2,1-5H3. The average molecular weight is 314 g/mol. The molecule has 0 bridgehead atoms. The SMILES string of the molecule is CCNC(c1cc(Br)c(C)cc1OC)C(C)CC. The van der Waals surface area contributed by atoms with Crippen LogP contribution in [0.5, 0.6) is 5.75 Å². The van der Waals surface area contributed by atoms with Gasteiger partial charge in [0.25, 0.3) is 0 Å². The molecule has 0 heterocycles. The summed E-state index contributed by atoms with van der Waals surface area (Å²) < 4.78 is 6.69. The molecule has 0 aromatic heterocycles. The third-order valence-electron chi connectivity index (χ3n) is 3.48. The van der Waals surface area contributed by atoms with Crippen LogP contribution in [0.25, 0.3) is 0 Å². The highest BCUT2D eigenvalue weighted by molar-refractivity contribution is 9.10. The van der Waals surface area contributed by atoms with Crippen molar-refractivity contribution in [2.24, 2.45) is 5.92 Å². The van der Waals surface area contributed by atoms with Crippen molar-refractivity contribution in [2.75, 3.05) is 13.7 Å². The Balaban J connectivity index is 3.21. The van der Waals surface area contributed by atoms with E-state index in [2.05, 4.69) is 61.1 Å². The predicted molar refractivity (Wildman–Crippen MR) is 81.3 cm³/mol. The minimum absolute atomic E-state index is 0.340. The number of nitrogens with one attached hydrogen (secondary N) is 1. The Morgan fingerprint density at radius 2 is 2.00 bits per heavy atom. The lowest BCUT2D eigenvalue weighted by Crippen LogP contribution is -2.27. The van der Waals surface area contributed by atoms with Gasteiger partial charge in [-0.15, -0.1) is 0 Å². The summed E-state index contributed by atoms with van der Waals surface area (Å²) >= 11 is 3.62. The van der Waals surface area contributed by atoms with Gasteiger partial charge in [0.2, 0.25) is 0 Å². The molecule has 2 nitrogen and oxygen atoms in total. The van der Waals surface area contributed by atoms with Gasteiger partial charge in [0.05, 0.1) is 7.11 Å². The lowest BCUT2D eigenvalue weighted by atomic mass is 9.91. The molecule has 1 rings (SSSR count). The second kappa shape index (κ2) is 7.15. The zero-order chi connectivity index (χ0) is 13.7. The first-order valence-electron chi connectivity index (χ1n) is 6.62. The molecule has 0 aliphatic carbocycles. The summed E-state index contributed by atoms with van der Waals surface area (Å²) in [6.45, 7) is 9.70. The van der Waals surface area contributed by atoms with Crippen LogP contribution in [0.1, 0.15) is 44.4 Å². The highest BCUT2D eigenvalue weighted by Crippen LogP contribution is 2.35. The van der Waals surface area contributed by atoms with Crippen molar-refractivity contribution in [3.8, 4) is 5.75 Å². The minimum Gasteiger partial charge on any atom is -0.496 e. The predicted octanol–water partition coefficient (Wildman–Crippen LogP) is 4.46. The van der Waals surface area contributed by atoms with Gasteiger partial charge in [0, 0.05) is 16.1 Å². The Bertz CT molecular complexity index is 392. The summed E-state index contributed by atoms with van der Waals surface area (Å²) in [6.07, 6.45) is 1.15. The van der Waals surface area contributed by atoms with Crippen LogP contribution < -0.4 is 10.1 Å². The van der Waals surface area contributed by atoms with Crippen LogP contribution in [0.3, 0.4) is 0 Å². The van der Waals surface area contributed by atoms with Gasteiger partial charge in [-0.25, -0.2) is 0 Å². The second-order valence-electron chi connectivity index (χ2n) is 4.76. The number of halogens is 1. The summed E-state index contributed by atoms with van der Waals surface area (Å²) in [5.74, 6) is 1.55. The van der Waals surface area contributed by atoms with E-state index in [-0.39, 0.29) is 0 Å². The molecule has 0 saturated heterocycles. The summed E-state index contributed by atoms with van der Waals surface area (Å²) in [5, 5.41) is 3.57. The summed E-state index contributed by atoms with van der Waals surface area (Å²) in [6, 6.07) is 4.63. The Labute approximate surface area is 119 Å². The number of ether oxygens (including phenoxy) is 1. The zero-order valence-corrected chi connectivity index (χ0v) is 13.6. The van der Waals surface area contributed by atoms with Crippen molar-refractivity contribution in [3.05, 3.63) is 27.7 Å². The summed E-state index contributed by atoms with van der Waals surface area (Å²) in [5.41, 5.74) is 2.45. The number of benzene rings is 1. The first-order valence-corrected chi connectivity index (χ1v) is 7.41. The van der Waals surface area contributed by atoms with Crippen LogP contribution in [-0.2, 0) is 0 Å². The average Bonchev–Trinajstić information content (AvgIpc) is 2.38. The van der Waals surface area contributed by atoms with Gasteiger partial charge in [-0.3, -0.25) is 0 Å². The van der Waals surface area contributed by atoms with Crippen molar-refractivity contribution < 1.29 is 4.74 Å². The Morgan fingerprint density at radius 1 is 1.33 bits per heavy atom. The molecule has 1 N–H and O–H groups in total. The molecular formula is C15H24BrNO. The molecule has 0 spiro atoms. The van der Waals surface area contributed by atoms with Crippen molar-refractivity contribution in [1.82, 2.24) is 5.32 Å². The van der Waals surface area contributed by atoms with Crippen molar-refractivity contribution in [2.45, 2.75) is 40.2 Å². The molecule has 2 atom stereocenters. The number of hydrogen-bond donors (Lipinski definition) is 1. The van der Waals surface area contributed by atoms with Crippen LogP contribution in [0.15, 0.2) is 16.6 Å². The molecule has 1 aromatic carbocycles. The molecule has 102 valence electrons. The Kier molecular flexibility index (Phi) is 6.16. The zero-order valence-electron chi connectivity index (χ0n) is 12.0. The summed E-state index contributed by atoms with van der Waals surface area (Å²) in [7, 11) is 1.74. The fraction of sp³-hybridized carbons (Fsp3) is 0.600. The van der Waals surface area contributed by atoms with E-state index in [4.69, 9.17) is 4.74 Å². The molecule has 0 saturated carbocycles. The number of rotatable bonds is 6. The molecule has 2 unspecified atom stereocenters. The monoisotopic (exact) mass is 313 g/mol. The fourth-order valence-corrected chi connectivity index (χ4v) is 2.52. The maximum Gasteiger partial charge on any atom is 0.123 e. The molecule has 0 radical (unpaired) electrons. The van der Waals surface area contributed by atoms with Gasteiger partial charge in [-0.2, -0.15) is 0 Å². The maximum absolute atomic E-state index is 5.54. The highest BCUT2D eigenvalue weighted by atomic mass is 79.9. The molecule has 18 heavy (non-hydrogen) atoms. The van der Waals surface area contributed by atoms with Gasteiger partial charge < -0.3 is 10.1 Å². The lowest BCUT2D eigenvalue weighted by molar-refractivity contribution is 0.355. The van der Waals surface area contributed by atoms with Crippen LogP contribution in [0.2, 0.25) is 0 Å². The van der Waals surface area contributed by atoms with E-state index in [0.29, 0.717) is 12.0 Å². The maximum atomic E-state index is 5.54. The quantitative estimate of drug-likeness (QED) is 0.837. The van der Waals surface area contributed by atoms with Gasteiger partial charge in [-0.05, 0) is 37.1 Å². The highest BCUT2D eigenvalue weighted by Gasteiger charge is 2.21. The number of hydrogen-bond acceptors (Lipinski definition) is 2. The Hall–Kier alpha value is -0.540. The summed E-state index contributed by atoms with van der Waals surface area (Å²) in [4.78, 5) is 0. The number of methoxy groups -OCH3 is 1. The van der Waals surface area contributed by atoms with Crippen molar-refractivity contribution in [1.29, 1.82) is 0 Å². The van der Waals surface area contributed by atoms with E-state index in [1.165, 1.54) is 11.1 Å². The molecule has 0 fully saturated rings. The van der Waals surface area contributed by atoms with Gasteiger partial charge in [0.1, 0.15) is 5.75 Å². The topological polar surface area (TPSA) is 21.3 Å². The lowest BCUT2D eigenvalue weighted by Gasteiger charge is -2.26. The van der Waals surface area contributed by atoms with E-state index in [0.717, 1.165) is 23.2 Å². The molecule has 3 heteroatoms. The van der Waals surface area contributed by atoms with Crippen molar-refractivity contribution in [3.63, 3.8) is 0 Å². The van der Waals surface area contributed by atoms with E-state index in [9.17, 15) is 0 Å². The van der Waals surface area contributed by atoms with Gasteiger partial charge >= 0.3 is 0 Å². The first-order chi connectivity index (χ1) is 8.54. The normalized spacial score (nSPS) is 14.3. The van der Waals surface area contributed by atoms with Gasteiger partial charge in [-0.1, -0.05) is 43.1 Å². The molecule has 0 amide bonds. The van der Waals surface area contributed by atoms with Crippen LogP contribution in [0, 0.1) is 12.8 Å². The third-order valence-corrected chi connectivity index (χ3v) is 4.34. The van der Waals surface area contributed by atoms with E-state index >= 15 is 0 Å². The molecular weight excluding hydrogens is 290 g/mol. The van der Waals surface area contributed by atoms with Crippen LogP contribution in [-0.4, -0.2) is 13.7 Å². The van der Waals surface area contributed by atoms with Crippen LogP contribution in [0.4, 0.5) is 0 Å². The van der Waals surface area contributed by atoms with Gasteiger partial charge in [0.15, 0.2) is 0 Å². The van der Waals surface area contributed by atoms with E-state index < -0.39 is 0 Å². The van der Waals surface area contributed by atoms with Crippen LogP contribution >= 0.6 is 15.9 Å². The third kappa shape index (κ3) is 3.48. The number of aryl methyl sites for hydroxylation is 1. The fourth-order valence-electron chi connectivity index (χ4n) is 2.16. The molecule has 0 aliphatic rings. The smallest absolute Gasteiger partial charge is 0.123 e. The molecule has 0 aliphatic heterocycles. The second-order valence-corrected chi connectivity index (χ2v) is 5.62. The van der Waals surface area contributed by atoms with Crippen molar-refractivity contribution >= 4 is 15.9 Å². The largest absolute Gasteiger partial charge is 0.496 e. The van der Waals surface area contributed by atoms with E-state index in [1.807, 2.05) is 0 Å². The molecule has 1 aromatic rings. The Morgan fingerprint density at radius 3 is 2.50 bits per heavy atom. The van der Waals surface area contributed by atoms with E-state index in [1.54, 1.807) is 7.11 Å². The first kappa shape index (κ1) is 15.5.